The molecule has 0 aliphatic carbocycles. The molecule has 168 valence electrons. The van der Waals surface area contributed by atoms with Crippen LogP contribution in [-0.4, -0.2) is 59.1 Å². The van der Waals surface area contributed by atoms with E-state index in [1.54, 1.807) is 11.3 Å². The predicted molar refractivity (Wildman–Crippen MR) is 126 cm³/mol. The fourth-order valence-electron chi connectivity index (χ4n) is 4.52. The van der Waals surface area contributed by atoms with E-state index < -0.39 is 0 Å². The van der Waals surface area contributed by atoms with Gasteiger partial charge in [0.1, 0.15) is 5.69 Å². The number of likely N-dealkylation sites (tertiary alicyclic amines) is 1. The molecular formula is C24H32ClN3O2S. The highest BCUT2D eigenvalue weighted by Crippen LogP contribution is 2.32. The summed E-state index contributed by atoms with van der Waals surface area (Å²) >= 11 is 8.18. The fourth-order valence-corrected chi connectivity index (χ4v) is 5.65. The van der Waals surface area contributed by atoms with Gasteiger partial charge in [0.2, 0.25) is 0 Å². The van der Waals surface area contributed by atoms with Gasteiger partial charge in [-0.25, -0.2) is 4.98 Å². The molecule has 2 saturated heterocycles. The first-order valence-electron chi connectivity index (χ1n) is 11.3. The summed E-state index contributed by atoms with van der Waals surface area (Å²) < 4.78 is 6.26. The monoisotopic (exact) mass is 461 g/mol. The average molecular weight is 462 g/mol. The van der Waals surface area contributed by atoms with Gasteiger partial charge in [0.05, 0.1) is 23.8 Å². The van der Waals surface area contributed by atoms with Crippen LogP contribution in [0.15, 0.2) is 23.6 Å². The van der Waals surface area contributed by atoms with Gasteiger partial charge in [0, 0.05) is 42.5 Å². The first-order chi connectivity index (χ1) is 14.9. The number of halogens is 1. The SMILES string of the molecule is CCc1cccc(CN2CCC3(CC2)CN(C(=O)c2csc(C(C)C)n2)CCO3)c1Cl. The van der Waals surface area contributed by atoms with Gasteiger partial charge in [-0.2, -0.15) is 0 Å². The number of ether oxygens (including phenoxy) is 1. The molecule has 5 nitrogen and oxygen atoms in total. The lowest BCUT2D eigenvalue weighted by atomic mass is 9.89. The Bertz CT molecular complexity index is 921. The van der Waals surface area contributed by atoms with E-state index in [1.165, 1.54) is 11.1 Å². The topological polar surface area (TPSA) is 45.7 Å². The number of amides is 1. The van der Waals surface area contributed by atoms with Gasteiger partial charge in [-0.3, -0.25) is 9.69 Å². The highest BCUT2D eigenvalue weighted by atomic mass is 35.5. The molecule has 3 heterocycles. The predicted octanol–water partition coefficient (Wildman–Crippen LogP) is 4.99. The Balaban J connectivity index is 1.37. The van der Waals surface area contributed by atoms with E-state index in [-0.39, 0.29) is 11.5 Å². The molecule has 0 radical (unpaired) electrons. The summed E-state index contributed by atoms with van der Waals surface area (Å²) in [6, 6.07) is 6.33. The summed E-state index contributed by atoms with van der Waals surface area (Å²) in [4.78, 5) is 22.0. The highest BCUT2D eigenvalue weighted by Gasteiger charge is 2.41. The minimum atomic E-state index is -0.240. The second-order valence-corrected chi connectivity index (χ2v) is 10.3. The molecule has 0 N–H and O–H groups in total. The zero-order valence-electron chi connectivity index (χ0n) is 18.7. The average Bonchev–Trinajstić information content (AvgIpc) is 3.27. The third-order valence-corrected chi connectivity index (χ3v) is 8.10. The molecule has 31 heavy (non-hydrogen) atoms. The smallest absolute Gasteiger partial charge is 0.273 e. The standard InChI is InChI=1S/C24H32ClN3O2S/c1-4-18-6-5-7-19(21(18)25)14-27-10-8-24(9-11-27)16-28(12-13-30-24)23(29)20-15-31-22(26-20)17(2)3/h5-7,15,17H,4,8-14,16H2,1-3H3. The van der Waals surface area contributed by atoms with Crippen LogP contribution in [0.2, 0.25) is 5.02 Å². The van der Waals surface area contributed by atoms with Gasteiger partial charge >= 0.3 is 0 Å². The largest absolute Gasteiger partial charge is 0.371 e. The van der Waals surface area contributed by atoms with Crippen LogP contribution in [0, 0.1) is 0 Å². The maximum atomic E-state index is 13.1. The second-order valence-electron chi connectivity index (χ2n) is 9.00. The molecule has 1 aromatic carbocycles. The number of thiazole rings is 1. The summed E-state index contributed by atoms with van der Waals surface area (Å²) in [5.41, 5.74) is 2.74. The van der Waals surface area contributed by atoms with Crippen molar-refractivity contribution in [2.24, 2.45) is 0 Å². The number of rotatable bonds is 5. The zero-order chi connectivity index (χ0) is 22.0. The first kappa shape index (κ1) is 22.7. The number of aryl methyl sites for hydroxylation is 1. The number of carbonyl (C=O) groups excluding carboxylic acids is 1. The zero-order valence-corrected chi connectivity index (χ0v) is 20.3. The summed E-state index contributed by atoms with van der Waals surface area (Å²) in [6.45, 7) is 11.0. The molecule has 7 heteroatoms. The van der Waals surface area contributed by atoms with Crippen LogP contribution in [0.5, 0.6) is 0 Å². The minimum absolute atomic E-state index is 0.0383. The van der Waals surface area contributed by atoms with Gasteiger partial charge in [0.25, 0.3) is 5.91 Å². The number of carbonyl (C=O) groups is 1. The van der Waals surface area contributed by atoms with E-state index in [0.29, 0.717) is 31.3 Å². The normalized spacial score (nSPS) is 19.3. The summed E-state index contributed by atoms with van der Waals surface area (Å²) in [7, 11) is 0. The van der Waals surface area contributed by atoms with E-state index in [0.717, 1.165) is 48.9 Å². The van der Waals surface area contributed by atoms with E-state index in [4.69, 9.17) is 16.3 Å². The minimum Gasteiger partial charge on any atom is -0.371 e. The number of aromatic nitrogens is 1. The van der Waals surface area contributed by atoms with E-state index in [1.807, 2.05) is 10.3 Å². The number of piperidine rings is 1. The molecule has 2 aliphatic rings. The van der Waals surface area contributed by atoms with Gasteiger partial charge in [-0.15, -0.1) is 11.3 Å². The van der Waals surface area contributed by atoms with Crippen LogP contribution in [0.3, 0.4) is 0 Å². The molecule has 1 amide bonds. The Hall–Kier alpha value is -1.47. The molecule has 2 aliphatic heterocycles. The quantitative estimate of drug-likeness (QED) is 0.629. The van der Waals surface area contributed by atoms with Crippen molar-refractivity contribution in [3.05, 3.63) is 50.4 Å². The van der Waals surface area contributed by atoms with Crippen molar-refractivity contribution >= 4 is 28.8 Å². The maximum Gasteiger partial charge on any atom is 0.273 e. The van der Waals surface area contributed by atoms with Crippen LogP contribution >= 0.6 is 22.9 Å². The lowest BCUT2D eigenvalue weighted by molar-refractivity contribution is -0.128. The molecule has 1 aromatic heterocycles. The van der Waals surface area contributed by atoms with Crippen molar-refractivity contribution < 1.29 is 9.53 Å². The Labute approximate surface area is 194 Å². The van der Waals surface area contributed by atoms with Gasteiger partial charge in [-0.1, -0.05) is 50.6 Å². The third-order valence-electron chi connectivity index (χ3n) is 6.47. The molecule has 1 spiro atoms. The van der Waals surface area contributed by atoms with Gasteiger partial charge in [0.15, 0.2) is 0 Å². The first-order valence-corrected chi connectivity index (χ1v) is 12.5. The van der Waals surface area contributed by atoms with Crippen LogP contribution < -0.4 is 0 Å². The van der Waals surface area contributed by atoms with Crippen molar-refractivity contribution in [3.8, 4) is 0 Å². The Morgan fingerprint density at radius 3 is 2.68 bits per heavy atom. The summed E-state index contributed by atoms with van der Waals surface area (Å²) in [5, 5.41) is 3.82. The van der Waals surface area contributed by atoms with E-state index >= 15 is 0 Å². The van der Waals surface area contributed by atoms with Crippen molar-refractivity contribution in [1.29, 1.82) is 0 Å². The summed E-state index contributed by atoms with van der Waals surface area (Å²) in [5.74, 6) is 0.384. The second kappa shape index (κ2) is 9.57. The molecule has 0 atom stereocenters. The van der Waals surface area contributed by atoms with E-state index in [9.17, 15) is 4.79 Å². The van der Waals surface area contributed by atoms with Gasteiger partial charge < -0.3 is 9.64 Å². The van der Waals surface area contributed by atoms with Crippen LogP contribution in [0.4, 0.5) is 0 Å². The third kappa shape index (κ3) is 4.98. The van der Waals surface area contributed by atoms with Gasteiger partial charge in [-0.05, 0) is 30.4 Å². The number of hydrogen-bond acceptors (Lipinski definition) is 5. The van der Waals surface area contributed by atoms with Crippen molar-refractivity contribution in [3.63, 3.8) is 0 Å². The molecule has 0 unspecified atom stereocenters. The molecule has 0 saturated carbocycles. The number of hydrogen-bond donors (Lipinski definition) is 0. The number of nitrogens with zero attached hydrogens (tertiary/aromatic N) is 3. The van der Waals surface area contributed by atoms with Crippen LogP contribution in [0.25, 0.3) is 0 Å². The Kier molecular flexibility index (Phi) is 7.01. The molecule has 4 rings (SSSR count). The molecule has 0 bridgehead atoms. The van der Waals surface area contributed by atoms with E-state index in [2.05, 4.69) is 48.9 Å². The number of morpholine rings is 1. The Morgan fingerprint density at radius 1 is 1.26 bits per heavy atom. The highest BCUT2D eigenvalue weighted by molar-refractivity contribution is 7.09. The molecule has 2 aromatic rings. The fraction of sp³-hybridized carbons (Fsp3) is 0.583. The number of benzene rings is 1. The molecular weight excluding hydrogens is 430 g/mol. The van der Waals surface area contributed by atoms with Crippen molar-refractivity contribution in [2.75, 3.05) is 32.8 Å². The lowest BCUT2D eigenvalue weighted by Gasteiger charge is -2.47. The Morgan fingerprint density at radius 2 is 2.00 bits per heavy atom. The van der Waals surface area contributed by atoms with Crippen LogP contribution in [-0.2, 0) is 17.7 Å². The lowest BCUT2D eigenvalue weighted by Crippen LogP contribution is -2.58. The van der Waals surface area contributed by atoms with Crippen LogP contribution in [0.1, 0.15) is 66.2 Å². The maximum absolute atomic E-state index is 13.1. The van der Waals surface area contributed by atoms with Crippen molar-refractivity contribution in [1.82, 2.24) is 14.8 Å². The summed E-state index contributed by atoms with van der Waals surface area (Å²) in [6.07, 6.45) is 2.80. The van der Waals surface area contributed by atoms with Crippen molar-refractivity contribution in [2.45, 2.75) is 58.1 Å². The molecule has 2 fully saturated rings.